The third-order valence-corrected chi connectivity index (χ3v) is 12.4. The minimum atomic E-state index is -0.839. The Kier molecular flexibility index (Phi) is 11.3. The molecule has 1 aromatic heterocycles. The van der Waals surface area contributed by atoms with Crippen molar-refractivity contribution in [2.24, 2.45) is 21.4 Å². The number of carbonyl (C=O) groups excluding carboxylic acids is 2. The fourth-order valence-corrected chi connectivity index (χ4v) is 8.72. The zero-order valence-corrected chi connectivity index (χ0v) is 31.7. The Labute approximate surface area is 324 Å². The monoisotopic (exact) mass is 774 g/mol. The van der Waals surface area contributed by atoms with Crippen LogP contribution >= 0.6 is 23.2 Å². The largest absolute Gasteiger partial charge is 0.496 e. The maximum Gasteiger partial charge on any atom is 0.307 e. The number of hydrogen-bond acceptors (Lipinski definition) is 10. The standard InChI is InChI=1S/C39H44Cl2N8O5/c1-54-34-9-6-26(33-23-43-46-44-33)20-30(34)35(50)48-19-11-38(25-48,28-7-8-31(40)32(41)21-28)10-16-47-17-12-39(13-18-47,29-5-2-14-42-22-29)37(53)45-49-15-3-4-27(24-49)36(51)52/h2,5-9,14,20-23,27,33H,3-4,10-13,15-19,24-25H2,1H3,(H,45,53)(H,51,52). The summed E-state index contributed by atoms with van der Waals surface area (Å²) in [6, 6.07) is 14.7. The van der Waals surface area contributed by atoms with Crippen LogP contribution in [0.25, 0.3) is 0 Å². The fourth-order valence-electron chi connectivity index (χ4n) is 8.42. The number of aromatic nitrogens is 1. The van der Waals surface area contributed by atoms with Gasteiger partial charge in [0.1, 0.15) is 11.8 Å². The number of pyridine rings is 1. The second-order valence-corrected chi connectivity index (χ2v) is 15.6. The summed E-state index contributed by atoms with van der Waals surface area (Å²) >= 11 is 13.0. The molecule has 0 spiro atoms. The highest BCUT2D eigenvalue weighted by Crippen LogP contribution is 2.43. The van der Waals surface area contributed by atoms with Gasteiger partial charge in [0.05, 0.1) is 40.3 Å². The number of benzene rings is 2. The Hall–Kier alpha value is -4.43. The van der Waals surface area contributed by atoms with Crippen LogP contribution in [0.3, 0.4) is 0 Å². The lowest BCUT2D eigenvalue weighted by Gasteiger charge is -2.43. The van der Waals surface area contributed by atoms with E-state index in [1.54, 1.807) is 36.8 Å². The molecule has 15 heteroatoms. The van der Waals surface area contributed by atoms with Crippen LogP contribution in [0.5, 0.6) is 5.75 Å². The molecular weight excluding hydrogens is 731 g/mol. The summed E-state index contributed by atoms with van der Waals surface area (Å²) < 4.78 is 5.63. The van der Waals surface area contributed by atoms with Crippen molar-refractivity contribution in [3.8, 4) is 5.75 Å². The first-order valence-electron chi connectivity index (χ1n) is 18.4. The summed E-state index contributed by atoms with van der Waals surface area (Å²) in [5.74, 6) is -1.11. The minimum Gasteiger partial charge on any atom is -0.496 e. The Morgan fingerprint density at radius 1 is 1.00 bits per heavy atom. The van der Waals surface area contributed by atoms with Gasteiger partial charge in [-0.05, 0) is 110 Å². The summed E-state index contributed by atoms with van der Waals surface area (Å²) in [4.78, 5) is 48.7. The maximum atomic E-state index is 14.2. The van der Waals surface area contributed by atoms with Gasteiger partial charge in [-0.15, -0.1) is 5.10 Å². The highest BCUT2D eigenvalue weighted by Gasteiger charge is 2.46. The number of methoxy groups -OCH3 is 1. The van der Waals surface area contributed by atoms with Crippen LogP contribution in [0.2, 0.25) is 10.0 Å². The SMILES string of the molecule is COc1ccc(C2C=NN=N2)cc1C(=O)N1CCC(CCN2CCC(C(=O)NN3CCCC(C(=O)O)C3)(c3cccnc3)CC2)(c2ccc(Cl)c(Cl)c2)C1. The number of rotatable bonds is 11. The summed E-state index contributed by atoms with van der Waals surface area (Å²) in [5.41, 5.74) is 5.04. The van der Waals surface area contributed by atoms with E-state index < -0.39 is 22.7 Å². The summed E-state index contributed by atoms with van der Waals surface area (Å²) in [7, 11) is 1.56. The Morgan fingerprint density at radius 3 is 2.54 bits per heavy atom. The molecule has 5 heterocycles. The summed E-state index contributed by atoms with van der Waals surface area (Å²) in [6.07, 6.45) is 9.05. The van der Waals surface area contributed by atoms with E-state index in [4.69, 9.17) is 27.9 Å². The van der Waals surface area contributed by atoms with E-state index in [1.807, 2.05) is 47.4 Å². The number of hydrazine groups is 1. The number of nitrogens with one attached hydrogen (secondary N) is 1. The lowest BCUT2D eigenvalue weighted by Crippen LogP contribution is -2.58. The van der Waals surface area contributed by atoms with Crippen LogP contribution in [0.1, 0.15) is 71.6 Å². The van der Waals surface area contributed by atoms with Crippen LogP contribution in [0, 0.1) is 5.92 Å². The van der Waals surface area contributed by atoms with Gasteiger partial charge in [-0.2, -0.15) is 5.11 Å². The molecule has 4 aliphatic heterocycles. The van der Waals surface area contributed by atoms with Crippen LogP contribution in [-0.2, 0) is 20.4 Å². The fraction of sp³-hybridized carbons (Fsp3) is 0.462. The van der Waals surface area contributed by atoms with E-state index in [0.29, 0.717) is 79.8 Å². The first-order chi connectivity index (χ1) is 26.1. The zero-order valence-electron chi connectivity index (χ0n) is 30.2. The normalized spacial score (nSPS) is 24.1. The van der Waals surface area contributed by atoms with Gasteiger partial charge in [0.15, 0.2) is 0 Å². The van der Waals surface area contributed by atoms with E-state index in [1.165, 1.54) is 0 Å². The molecule has 0 saturated carbocycles. The van der Waals surface area contributed by atoms with Crippen LogP contribution in [-0.4, -0.2) is 102 Å². The number of nitrogens with zero attached hydrogens (tertiary/aromatic N) is 7. The highest BCUT2D eigenvalue weighted by atomic mass is 35.5. The molecule has 3 aromatic rings. The van der Waals surface area contributed by atoms with Gasteiger partial charge in [0.25, 0.3) is 5.91 Å². The molecule has 13 nitrogen and oxygen atoms in total. The third kappa shape index (κ3) is 7.72. The first-order valence-corrected chi connectivity index (χ1v) is 19.1. The van der Waals surface area contributed by atoms with E-state index in [2.05, 4.69) is 30.7 Å². The van der Waals surface area contributed by atoms with Crippen molar-refractivity contribution in [2.75, 3.05) is 52.9 Å². The molecule has 4 aliphatic rings. The maximum absolute atomic E-state index is 14.2. The number of likely N-dealkylation sites (tertiary alicyclic amines) is 2. The van der Waals surface area contributed by atoms with E-state index in [9.17, 15) is 19.5 Å². The number of hydrogen-bond donors (Lipinski definition) is 2. The number of carbonyl (C=O) groups is 3. The molecule has 0 bridgehead atoms. The number of aliphatic carboxylic acids is 1. The van der Waals surface area contributed by atoms with Crippen molar-refractivity contribution >= 4 is 47.2 Å². The highest BCUT2D eigenvalue weighted by molar-refractivity contribution is 6.42. The molecule has 284 valence electrons. The number of carboxylic acids is 1. The number of carboxylic acid groups (broad SMARTS) is 1. The van der Waals surface area contributed by atoms with Gasteiger partial charge >= 0.3 is 5.97 Å². The molecule has 2 aromatic carbocycles. The molecule has 2 N–H and O–H groups in total. The average molecular weight is 776 g/mol. The third-order valence-electron chi connectivity index (χ3n) is 11.7. The zero-order chi connectivity index (χ0) is 37.9. The molecule has 0 radical (unpaired) electrons. The predicted octanol–water partition coefficient (Wildman–Crippen LogP) is 5.93. The van der Waals surface area contributed by atoms with Gasteiger partial charge in [-0.1, -0.05) is 41.4 Å². The molecule has 2 amide bonds. The summed E-state index contributed by atoms with van der Waals surface area (Å²) in [6.45, 7) is 4.00. The van der Waals surface area contributed by atoms with E-state index in [0.717, 1.165) is 36.1 Å². The molecule has 7 rings (SSSR count). The quantitative estimate of drug-likeness (QED) is 0.244. The van der Waals surface area contributed by atoms with Crippen LogP contribution < -0.4 is 10.2 Å². The molecular formula is C39H44Cl2N8O5. The van der Waals surface area contributed by atoms with Crippen molar-refractivity contribution in [1.82, 2.24) is 25.2 Å². The number of halogens is 2. The number of ether oxygens (including phenoxy) is 1. The molecule has 3 fully saturated rings. The van der Waals surface area contributed by atoms with E-state index in [-0.39, 0.29) is 24.4 Å². The van der Waals surface area contributed by atoms with Gasteiger partial charge in [0, 0.05) is 44.0 Å². The first kappa shape index (κ1) is 37.9. The van der Waals surface area contributed by atoms with Gasteiger partial charge in [0.2, 0.25) is 5.91 Å². The topological polar surface area (TPSA) is 152 Å². The van der Waals surface area contributed by atoms with Crippen molar-refractivity contribution in [3.63, 3.8) is 0 Å². The van der Waals surface area contributed by atoms with Crippen molar-refractivity contribution in [3.05, 3.63) is 93.2 Å². The number of piperidine rings is 2. The Morgan fingerprint density at radius 2 is 1.83 bits per heavy atom. The lowest BCUT2D eigenvalue weighted by atomic mass is 9.72. The Bertz CT molecular complexity index is 1930. The molecule has 0 aliphatic carbocycles. The van der Waals surface area contributed by atoms with Gasteiger partial charge < -0.3 is 19.6 Å². The van der Waals surface area contributed by atoms with Gasteiger partial charge in [-0.3, -0.25) is 24.8 Å². The molecule has 3 atom stereocenters. The van der Waals surface area contributed by atoms with Crippen molar-refractivity contribution in [2.45, 2.75) is 55.4 Å². The van der Waals surface area contributed by atoms with Crippen molar-refractivity contribution in [1.29, 1.82) is 0 Å². The second kappa shape index (κ2) is 16.1. The Balaban J connectivity index is 1.08. The van der Waals surface area contributed by atoms with E-state index >= 15 is 0 Å². The predicted molar refractivity (Wildman–Crippen MR) is 204 cm³/mol. The van der Waals surface area contributed by atoms with Crippen LogP contribution in [0.4, 0.5) is 0 Å². The molecule has 3 saturated heterocycles. The summed E-state index contributed by atoms with van der Waals surface area (Å²) in [5, 5.41) is 24.0. The number of amides is 2. The lowest BCUT2D eigenvalue weighted by molar-refractivity contribution is -0.146. The smallest absolute Gasteiger partial charge is 0.307 e. The molecule has 54 heavy (non-hydrogen) atoms. The average Bonchev–Trinajstić information content (AvgIpc) is 3.90. The van der Waals surface area contributed by atoms with Crippen LogP contribution in [0.15, 0.2) is 76.4 Å². The minimum absolute atomic E-state index is 0.124. The second-order valence-electron chi connectivity index (χ2n) is 14.7. The van der Waals surface area contributed by atoms with Gasteiger partial charge in [-0.25, -0.2) is 5.01 Å². The van der Waals surface area contributed by atoms with Crippen molar-refractivity contribution < 1.29 is 24.2 Å². The molecule has 3 unspecified atom stereocenters.